The zero-order valence-corrected chi connectivity index (χ0v) is 13.1. The molecule has 2 aromatic rings. The summed E-state index contributed by atoms with van der Waals surface area (Å²) in [6.07, 6.45) is 8.96. The van der Waals surface area contributed by atoms with Gasteiger partial charge in [-0.05, 0) is 58.5 Å². The summed E-state index contributed by atoms with van der Waals surface area (Å²) in [6, 6.07) is 17.8. The lowest BCUT2D eigenvalue weighted by Gasteiger charge is -2.28. The molecule has 0 N–H and O–H groups in total. The minimum absolute atomic E-state index is 0.399. The highest BCUT2D eigenvalue weighted by Crippen LogP contribution is 2.47. The van der Waals surface area contributed by atoms with Crippen molar-refractivity contribution in [3.8, 4) is 0 Å². The number of halogens is 1. The van der Waals surface area contributed by atoms with E-state index in [9.17, 15) is 0 Å². The smallest absolute Gasteiger partial charge is 0.0629 e. The van der Waals surface area contributed by atoms with Crippen molar-refractivity contribution in [3.63, 3.8) is 0 Å². The Morgan fingerprint density at radius 3 is 2.55 bits per heavy atom. The molecule has 0 fully saturated rings. The van der Waals surface area contributed by atoms with Crippen LogP contribution in [-0.4, -0.2) is 6.04 Å². The number of nitrogens with zero attached hydrogens (tertiary/aromatic N) is 1. The fraction of sp³-hybridized carbons (Fsp3) is 0.111. The second-order valence-electron chi connectivity index (χ2n) is 5.19. The van der Waals surface area contributed by atoms with Crippen LogP contribution >= 0.6 is 22.6 Å². The molecule has 2 heteroatoms. The Morgan fingerprint density at radius 1 is 0.900 bits per heavy atom. The van der Waals surface area contributed by atoms with E-state index in [4.69, 9.17) is 0 Å². The molecular formula is C18H14IN. The molecule has 0 saturated carbocycles. The van der Waals surface area contributed by atoms with Crippen molar-refractivity contribution in [1.29, 1.82) is 0 Å². The van der Waals surface area contributed by atoms with Crippen molar-refractivity contribution in [3.05, 3.63) is 82.0 Å². The average Bonchev–Trinajstić information content (AvgIpc) is 2.82. The highest BCUT2D eigenvalue weighted by Gasteiger charge is 2.37. The molecule has 1 nitrogen and oxygen atoms in total. The summed E-state index contributed by atoms with van der Waals surface area (Å²) in [5.74, 6) is 0.463. The molecule has 0 amide bonds. The molecule has 2 aliphatic rings. The van der Waals surface area contributed by atoms with Gasteiger partial charge in [0.2, 0.25) is 0 Å². The number of allylic oxidation sites excluding steroid dienone is 2. The maximum atomic E-state index is 2.45. The SMILES string of the molecule is Ic1ccc2c(c1)C1C=CC=CC1N2c1ccccc1. The first kappa shape index (κ1) is 12.2. The van der Waals surface area contributed by atoms with Gasteiger partial charge in [-0.3, -0.25) is 0 Å². The van der Waals surface area contributed by atoms with Crippen LogP contribution in [0, 0.1) is 3.57 Å². The molecule has 0 saturated heterocycles. The van der Waals surface area contributed by atoms with Gasteiger partial charge in [0.25, 0.3) is 0 Å². The van der Waals surface area contributed by atoms with Crippen molar-refractivity contribution < 1.29 is 0 Å². The van der Waals surface area contributed by atoms with E-state index in [-0.39, 0.29) is 0 Å². The van der Waals surface area contributed by atoms with Gasteiger partial charge in [-0.1, -0.05) is 42.5 Å². The van der Waals surface area contributed by atoms with E-state index in [2.05, 4.69) is 100 Å². The average molecular weight is 371 g/mol. The van der Waals surface area contributed by atoms with Crippen molar-refractivity contribution in [2.45, 2.75) is 12.0 Å². The van der Waals surface area contributed by atoms with E-state index in [0.717, 1.165) is 0 Å². The molecule has 1 aliphatic carbocycles. The van der Waals surface area contributed by atoms with Gasteiger partial charge >= 0.3 is 0 Å². The van der Waals surface area contributed by atoms with Crippen LogP contribution in [0.4, 0.5) is 11.4 Å². The van der Waals surface area contributed by atoms with Crippen LogP contribution < -0.4 is 4.90 Å². The molecule has 0 bridgehead atoms. The third-order valence-electron chi connectivity index (χ3n) is 4.05. The van der Waals surface area contributed by atoms with E-state index in [0.29, 0.717) is 12.0 Å². The lowest BCUT2D eigenvalue weighted by Crippen LogP contribution is -2.28. The topological polar surface area (TPSA) is 3.24 Å². The highest BCUT2D eigenvalue weighted by atomic mass is 127. The molecule has 20 heavy (non-hydrogen) atoms. The Labute approximate surface area is 132 Å². The molecule has 0 aromatic heterocycles. The van der Waals surface area contributed by atoms with Crippen molar-refractivity contribution in [2.75, 3.05) is 4.90 Å². The minimum atomic E-state index is 0.399. The first-order valence-corrected chi connectivity index (χ1v) is 7.91. The summed E-state index contributed by atoms with van der Waals surface area (Å²) in [5.41, 5.74) is 4.04. The van der Waals surface area contributed by atoms with Gasteiger partial charge in [0.1, 0.15) is 0 Å². The summed E-state index contributed by atoms with van der Waals surface area (Å²) in [5, 5.41) is 0. The Morgan fingerprint density at radius 2 is 1.70 bits per heavy atom. The maximum absolute atomic E-state index is 2.45. The highest BCUT2D eigenvalue weighted by molar-refractivity contribution is 14.1. The molecule has 0 radical (unpaired) electrons. The number of fused-ring (bicyclic) bond motifs is 3. The fourth-order valence-corrected chi connectivity index (χ4v) is 3.72. The van der Waals surface area contributed by atoms with Crippen LogP contribution in [0.1, 0.15) is 11.5 Å². The molecule has 0 spiro atoms. The standard InChI is InChI=1S/C18H14IN/c19-13-10-11-18-16(12-13)15-8-4-5-9-17(15)20(18)14-6-2-1-3-7-14/h1-12,15,17H. The molecule has 2 aromatic carbocycles. The normalized spacial score (nSPS) is 22.8. The summed E-state index contributed by atoms with van der Waals surface area (Å²) < 4.78 is 1.30. The van der Waals surface area contributed by atoms with E-state index in [1.807, 2.05) is 0 Å². The van der Waals surface area contributed by atoms with E-state index in [1.165, 1.54) is 20.5 Å². The number of para-hydroxylation sites is 1. The predicted molar refractivity (Wildman–Crippen MR) is 92.5 cm³/mol. The zero-order valence-electron chi connectivity index (χ0n) is 10.9. The predicted octanol–water partition coefficient (Wildman–Crippen LogP) is 5.02. The number of benzene rings is 2. The third-order valence-corrected chi connectivity index (χ3v) is 4.72. The minimum Gasteiger partial charge on any atom is -0.333 e. The number of hydrogen-bond donors (Lipinski definition) is 0. The Kier molecular flexibility index (Phi) is 2.91. The lowest BCUT2D eigenvalue weighted by atomic mass is 9.91. The van der Waals surface area contributed by atoms with Crippen LogP contribution in [-0.2, 0) is 0 Å². The van der Waals surface area contributed by atoms with E-state index in [1.54, 1.807) is 0 Å². The second-order valence-corrected chi connectivity index (χ2v) is 6.44. The Hall–Kier alpha value is -1.55. The van der Waals surface area contributed by atoms with Gasteiger partial charge in [0.15, 0.2) is 0 Å². The molecule has 1 aliphatic heterocycles. The van der Waals surface area contributed by atoms with Crippen LogP contribution in [0.25, 0.3) is 0 Å². The number of anilines is 2. The Bertz CT molecular complexity index is 703. The summed E-state index contributed by atoms with van der Waals surface area (Å²) in [6.45, 7) is 0. The van der Waals surface area contributed by atoms with Gasteiger partial charge in [0.05, 0.1) is 6.04 Å². The quantitative estimate of drug-likeness (QED) is 0.637. The van der Waals surface area contributed by atoms with Crippen molar-refractivity contribution in [1.82, 2.24) is 0 Å². The third kappa shape index (κ3) is 1.82. The molecule has 1 heterocycles. The lowest BCUT2D eigenvalue weighted by molar-refractivity contribution is 0.744. The first-order chi connectivity index (χ1) is 9.84. The summed E-state index contributed by atoms with van der Waals surface area (Å²) in [4.78, 5) is 2.45. The maximum Gasteiger partial charge on any atom is 0.0629 e. The molecule has 4 rings (SSSR count). The van der Waals surface area contributed by atoms with Crippen molar-refractivity contribution >= 4 is 34.0 Å². The molecule has 98 valence electrons. The summed E-state index contributed by atoms with van der Waals surface area (Å²) >= 11 is 2.40. The van der Waals surface area contributed by atoms with Crippen LogP contribution in [0.3, 0.4) is 0 Å². The second kappa shape index (κ2) is 4.77. The number of rotatable bonds is 1. The zero-order chi connectivity index (χ0) is 13.5. The van der Waals surface area contributed by atoms with Crippen LogP contribution in [0.2, 0.25) is 0 Å². The van der Waals surface area contributed by atoms with E-state index >= 15 is 0 Å². The largest absolute Gasteiger partial charge is 0.333 e. The van der Waals surface area contributed by atoms with Gasteiger partial charge in [0, 0.05) is 20.9 Å². The molecule has 2 atom stereocenters. The fourth-order valence-electron chi connectivity index (χ4n) is 3.20. The van der Waals surface area contributed by atoms with Gasteiger partial charge in [-0.15, -0.1) is 0 Å². The monoisotopic (exact) mass is 371 g/mol. The molecular weight excluding hydrogens is 357 g/mol. The van der Waals surface area contributed by atoms with Crippen molar-refractivity contribution in [2.24, 2.45) is 0 Å². The van der Waals surface area contributed by atoms with Crippen LogP contribution in [0.15, 0.2) is 72.8 Å². The summed E-state index contributed by atoms with van der Waals surface area (Å²) in [7, 11) is 0. The van der Waals surface area contributed by atoms with Crippen LogP contribution in [0.5, 0.6) is 0 Å². The van der Waals surface area contributed by atoms with Gasteiger partial charge in [-0.25, -0.2) is 0 Å². The van der Waals surface area contributed by atoms with E-state index < -0.39 is 0 Å². The van der Waals surface area contributed by atoms with Gasteiger partial charge in [-0.2, -0.15) is 0 Å². The molecule has 2 unspecified atom stereocenters. The Balaban J connectivity index is 1.91. The first-order valence-electron chi connectivity index (χ1n) is 6.83. The number of hydrogen-bond acceptors (Lipinski definition) is 1. The van der Waals surface area contributed by atoms with Gasteiger partial charge < -0.3 is 4.90 Å².